The van der Waals surface area contributed by atoms with Crippen LogP contribution in [0.1, 0.15) is 11.1 Å². The Morgan fingerprint density at radius 3 is 2.15 bits per heavy atom. The average molecular weight is 375 g/mol. The van der Waals surface area contributed by atoms with Gasteiger partial charge in [-0.3, -0.25) is 0 Å². The predicted molar refractivity (Wildman–Crippen MR) is 97.4 cm³/mol. The van der Waals surface area contributed by atoms with Crippen molar-refractivity contribution in [1.29, 1.82) is 5.26 Å². The van der Waals surface area contributed by atoms with Crippen molar-refractivity contribution in [1.82, 2.24) is 0 Å². The maximum absolute atomic E-state index is 11.1. The van der Waals surface area contributed by atoms with E-state index in [2.05, 4.69) is 6.07 Å². The standard InChI is InChI=1S/C19H21NO5S/c1-26(22,23)25-19-8-2-15(3-9-19)10-11-24-18-6-4-16(5-7-18)12-17(13-20)14-21/h2-9,17,21H,10-12,14H2,1H3. The van der Waals surface area contributed by atoms with Gasteiger partial charge in [-0.05, 0) is 41.8 Å². The number of hydrogen-bond acceptors (Lipinski definition) is 6. The molecule has 0 aromatic heterocycles. The lowest BCUT2D eigenvalue weighted by molar-refractivity contribution is 0.255. The Morgan fingerprint density at radius 1 is 1.04 bits per heavy atom. The van der Waals surface area contributed by atoms with Crippen LogP contribution in [0, 0.1) is 17.2 Å². The van der Waals surface area contributed by atoms with Crippen molar-refractivity contribution in [3.63, 3.8) is 0 Å². The van der Waals surface area contributed by atoms with E-state index < -0.39 is 16.0 Å². The number of nitriles is 1. The Kier molecular flexibility index (Phi) is 7.01. The number of hydrogen-bond donors (Lipinski definition) is 1. The lowest BCUT2D eigenvalue weighted by atomic mass is 10.0. The smallest absolute Gasteiger partial charge is 0.306 e. The molecule has 7 heteroatoms. The highest BCUT2D eigenvalue weighted by Crippen LogP contribution is 2.17. The van der Waals surface area contributed by atoms with Gasteiger partial charge in [0.05, 0.1) is 31.5 Å². The first-order chi connectivity index (χ1) is 12.4. The number of ether oxygens (including phenoxy) is 1. The summed E-state index contributed by atoms with van der Waals surface area (Å²) in [6.45, 7) is 0.325. The summed E-state index contributed by atoms with van der Waals surface area (Å²) in [5.41, 5.74) is 1.97. The zero-order valence-electron chi connectivity index (χ0n) is 14.5. The van der Waals surface area contributed by atoms with Gasteiger partial charge in [0.2, 0.25) is 0 Å². The molecule has 0 saturated carbocycles. The number of rotatable bonds is 9. The van der Waals surface area contributed by atoms with Crippen LogP contribution in [0.4, 0.5) is 0 Å². The third-order valence-corrected chi connectivity index (χ3v) is 4.13. The molecule has 0 heterocycles. The Hall–Kier alpha value is -2.56. The molecule has 0 saturated heterocycles. The van der Waals surface area contributed by atoms with E-state index in [4.69, 9.17) is 19.3 Å². The molecule has 1 unspecified atom stereocenters. The van der Waals surface area contributed by atoms with Gasteiger partial charge in [-0.1, -0.05) is 24.3 Å². The molecule has 0 bridgehead atoms. The first kappa shape index (κ1) is 19.8. The molecule has 2 rings (SSSR count). The molecule has 0 aliphatic heterocycles. The fourth-order valence-electron chi connectivity index (χ4n) is 2.33. The molecule has 0 aliphatic rings. The van der Waals surface area contributed by atoms with E-state index in [1.54, 1.807) is 24.3 Å². The van der Waals surface area contributed by atoms with Crippen LogP contribution >= 0.6 is 0 Å². The summed E-state index contributed by atoms with van der Waals surface area (Å²) in [6, 6.07) is 16.3. The number of aliphatic hydroxyl groups is 1. The van der Waals surface area contributed by atoms with Crippen molar-refractivity contribution in [3.05, 3.63) is 59.7 Å². The second kappa shape index (κ2) is 9.22. The number of aliphatic hydroxyl groups excluding tert-OH is 1. The van der Waals surface area contributed by atoms with Gasteiger partial charge in [0.1, 0.15) is 11.5 Å². The van der Waals surface area contributed by atoms with Crippen molar-refractivity contribution in [2.75, 3.05) is 19.5 Å². The maximum Gasteiger partial charge on any atom is 0.306 e. The summed E-state index contributed by atoms with van der Waals surface area (Å²) in [5, 5.41) is 17.9. The van der Waals surface area contributed by atoms with E-state index in [-0.39, 0.29) is 12.4 Å². The predicted octanol–water partition coefficient (Wildman–Crippen LogP) is 2.32. The van der Waals surface area contributed by atoms with Gasteiger partial charge in [-0.2, -0.15) is 13.7 Å². The van der Waals surface area contributed by atoms with Gasteiger partial charge in [0.25, 0.3) is 0 Å². The Balaban J connectivity index is 1.81. The van der Waals surface area contributed by atoms with Crippen LogP contribution in [0.15, 0.2) is 48.5 Å². The van der Waals surface area contributed by atoms with Crippen LogP contribution in [-0.2, 0) is 23.0 Å². The molecule has 138 valence electrons. The van der Waals surface area contributed by atoms with Gasteiger partial charge >= 0.3 is 10.1 Å². The summed E-state index contributed by atoms with van der Waals surface area (Å²) >= 11 is 0. The lowest BCUT2D eigenvalue weighted by Crippen LogP contribution is -2.07. The van der Waals surface area contributed by atoms with E-state index in [1.165, 1.54) is 0 Å². The fraction of sp³-hybridized carbons (Fsp3) is 0.316. The Labute approximate surface area is 153 Å². The molecule has 0 spiro atoms. The average Bonchev–Trinajstić information content (AvgIpc) is 2.61. The first-order valence-corrected chi connectivity index (χ1v) is 9.92. The normalized spacial score (nSPS) is 12.2. The van der Waals surface area contributed by atoms with Gasteiger partial charge in [-0.15, -0.1) is 0 Å². The topological polar surface area (TPSA) is 96.6 Å². The van der Waals surface area contributed by atoms with Gasteiger partial charge < -0.3 is 14.0 Å². The number of nitrogens with zero attached hydrogens (tertiary/aromatic N) is 1. The minimum Gasteiger partial charge on any atom is -0.493 e. The molecule has 1 atom stereocenters. The zero-order chi connectivity index (χ0) is 19.0. The van der Waals surface area contributed by atoms with Crippen LogP contribution in [0.25, 0.3) is 0 Å². The van der Waals surface area contributed by atoms with Gasteiger partial charge in [0.15, 0.2) is 0 Å². The molecule has 0 aliphatic carbocycles. The first-order valence-electron chi connectivity index (χ1n) is 8.10. The second-order valence-electron chi connectivity index (χ2n) is 5.89. The van der Waals surface area contributed by atoms with Crippen LogP contribution in [0.2, 0.25) is 0 Å². The molecule has 0 fully saturated rings. The Bertz CT molecular complexity index is 839. The number of benzene rings is 2. The molecular weight excluding hydrogens is 354 g/mol. The minimum atomic E-state index is -3.51. The third-order valence-electron chi connectivity index (χ3n) is 3.64. The summed E-state index contributed by atoms with van der Waals surface area (Å²) < 4.78 is 32.6. The van der Waals surface area contributed by atoms with Crippen molar-refractivity contribution in [2.45, 2.75) is 12.8 Å². The van der Waals surface area contributed by atoms with Crippen molar-refractivity contribution in [2.24, 2.45) is 5.92 Å². The van der Waals surface area contributed by atoms with Gasteiger partial charge in [-0.25, -0.2) is 0 Å². The molecule has 0 radical (unpaired) electrons. The highest BCUT2D eigenvalue weighted by Gasteiger charge is 2.07. The maximum atomic E-state index is 11.1. The summed E-state index contributed by atoms with van der Waals surface area (Å²) in [7, 11) is -3.51. The highest BCUT2D eigenvalue weighted by atomic mass is 32.2. The van der Waals surface area contributed by atoms with E-state index in [9.17, 15) is 8.42 Å². The van der Waals surface area contributed by atoms with E-state index in [1.807, 2.05) is 24.3 Å². The van der Waals surface area contributed by atoms with Crippen molar-refractivity contribution in [3.8, 4) is 17.6 Å². The molecular formula is C19H21NO5S. The summed E-state index contributed by atoms with van der Waals surface area (Å²) in [6.07, 6.45) is 2.18. The summed E-state index contributed by atoms with van der Waals surface area (Å²) in [4.78, 5) is 0. The molecule has 6 nitrogen and oxygen atoms in total. The molecule has 1 N–H and O–H groups in total. The second-order valence-corrected chi connectivity index (χ2v) is 7.46. The molecule has 2 aromatic rings. The largest absolute Gasteiger partial charge is 0.493 e. The molecule has 26 heavy (non-hydrogen) atoms. The molecule has 0 amide bonds. The highest BCUT2D eigenvalue weighted by molar-refractivity contribution is 7.86. The van der Waals surface area contributed by atoms with Gasteiger partial charge in [0, 0.05) is 6.42 Å². The molecule has 2 aromatic carbocycles. The van der Waals surface area contributed by atoms with E-state index in [0.29, 0.717) is 19.4 Å². The third kappa shape index (κ3) is 6.75. The summed E-state index contributed by atoms with van der Waals surface area (Å²) in [5.74, 6) is 0.617. The van der Waals surface area contributed by atoms with Crippen LogP contribution in [0.5, 0.6) is 11.5 Å². The van der Waals surface area contributed by atoms with E-state index >= 15 is 0 Å². The van der Waals surface area contributed by atoms with E-state index in [0.717, 1.165) is 23.1 Å². The van der Waals surface area contributed by atoms with Crippen LogP contribution < -0.4 is 8.92 Å². The Morgan fingerprint density at radius 2 is 1.62 bits per heavy atom. The quantitative estimate of drug-likeness (QED) is 0.676. The monoisotopic (exact) mass is 375 g/mol. The fourth-order valence-corrected chi connectivity index (χ4v) is 2.79. The zero-order valence-corrected chi connectivity index (χ0v) is 15.3. The lowest BCUT2D eigenvalue weighted by Gasteiger charge is -2.09. The minimum absolute atomic E-state index is 0.150. The SMILES string of the molecule is CS(=O)(=O)Oc1ccc(CCOc2ccc(CC(C#N)CO)cc2)cc1. The van der Waals surface area contributed by atoms with Crippen LogP contribution in [0.3, 0.4) is 0 Å². The van der Waals surface area contributed by atoms with Crippen molar-refractivity contribution < 1.29 is 22.4 Å². The van der Waals surface area contributed by atoms with Crippen LogP contribution in [-0.4, -0.2) is 33.0 Å². The van der Waals surface area contributed by atoms with Crippen molar-refractivity contribution >= 4 is 10.1 Å².